The van der Waals surface area contributed by atoms with Gasteiger partial charge in [0.2, 0.25) is 0 Å². The number of aromatic nitrogens is 1. The summed E-state index contributed by atoms with van der Waals surface area (Å²) in [6.45, 7) is 0. The van der Waals surface area contributed by atoms with Gasteiger partial charge in [0.05, 0.1) is 11.1 Å². The second-order valence-corrected chi connectivity index (χ2v) is 14.3. The third-order valence-electron chi connectivity index (χ3n) is 10.6. The van der Waals surface area contributed by atoms with Crippen molar-refractivity contribution in [2.75, 3.05) is 0 Å². The van der Waals surface area contributed by atoms with Gasteiger partial charge in [-0.2, -0.15) is 0 Å². The number of allylic oxidation sites excluding steroid dienone is 1. The standard InChI is InChI=1S/C47H28BBrF2N2/c49-45-40-15-7-5-13-37(40)39(38-14-6-8-16-41(38)45)26-19-29-17-20-32(21-18-29)44(42-27-33-24-22-30-9-1-3-11-35(30)46(33)52-42)43-28-34-25-23-31-10-2-4-12-36(31)47(34)53(43)48(50)51/h1-18,20-22,24,27-28H,23,25H2/b44-42-. The van der Waals surface area contributed by atoms with Crippen molar-refractivity contribution in [1.29, 1.82) is 0 Å². The Bertz CT molecular complexity index is 3000. The van der Waals surface area contributed by atoms with Crippen LogP contribution in [0.3, 0.4) is 0 Å². The zero-order valence-corrected chi connectivity index (χ0v) is 30.0. The summed E-state index contributed by atoms with van der Waals surface area (Å²) in [5, 5.41) is 8.33. The Hall–Kier alpha value is -6.03. The van der Waals surface area contributed by atoms with E-state index in [1.54, 1.807) is 0 Å². The Balaban J connectivity index is 1.16. The largest absolute Gasteiger partial charge is 0.678 e. The first-order valence-electron chi connectivity index (χ1n) is 17.7. The SMILES string of the molecule is FB(F)n1c(/C(=C2/C=c3ccc4ccccc4c3=N2)c2ccc(C#Cc3c4ccccc4c(Br)c4ccccc34)cc2)cc2c1-c1ccccc1CC2. The third-order valence-corrected chi connectivity index (χ3v) is 11.4. The van der Waals surface area contributed by atoms with Crippen molar-refractivity contribution in [3.05, 3.63) is 194 Å². The van der Waals surface area contributed by atoms with Crippen LogP contribution in [0, 0.1) is 11.8 Å². The van der Waals surface area contributed by atoms with E-state index in [1.807, 2.05) is 97.1 Å². The Morgan fingerprint density at radius 2 is 1.30 bits per heavy atom. The van der Waals surface area contributed by atoms with Gasteiger partial charge in [-0.1, -0.05) is 133 Å². The van der Waals surface area contributed by atoms with Gasteiger partial charge in [0.15, 0.2) is 0 Å². The molecule has 0 unspecified atom stereocenters. The lowest BCUT2D eigenvalue weighted by Crippen LogP contribution is -2.21. The quantitative estimate of drug-likeness (QED) is 0.0973. The highest BCUT2D eigenvalue weighted by Gasteiger charge is 2.33. The summed E-state index contributed by atoms with van der Waals surface area (Å²) in [5.41, 5.74) is 7.85. The van der Waals surface area contributed by atoms with E-state index in [4.69, 9.17) is 4.99 Å². The molecule has 0 spiro atoms. The molecule has 0 atom stereocenters. The summed E-state index contributed by atoms with van der Waals surface area (Å²) in [7, 11) is -2.75. The molecule has 250 valence electrons. The van der Waals surface area contributed by atoms with Gasteiger partial charge in [0, 0.05) is 48.7 Å². The number of hydrogen-bond donors (Lipinski definition) is 0. The molecule has 0 bridgehead atoms. The highest BCUT2D eigenvalue weighted by atomic mass is 79.9. The molecule has 0 saturated carbocycles. The van der Waals surface area contributed by atoms with E-state index < -0.39 is 7.40 Å². The molecular weight excluding hydrogens is 721 g/mol. The molecule has 53 heavy (non-hydrogen) atoms. The molecule has 2 nitrogen and oxygen atoms in total. The predicted octanol–water partition coefficient (Wildman–Crippen LogP) is 10.5. The predicted molar refractivity (Wildman–Crippen MR) is 217 cm³/mol. The molecule has 6 heteroatoms. The van der Waals surface area contributed by atoms with Crippen molar-refractivity contribution in [2.45, 2.75) is 12.8 Å². The highest BCUT2D eigenvalue weighted by Crippen LogP contribution is 2.41. The Kier molecular flexibility index (Phi) is 7.52. The maximum atomic E-state index is 15.4. The van der Waals surface area contributed by atoms with Crippen LogP contribution in [-0.4, -0.2) is 11.9 Å². The lowest BCUT2D eigenvalue weighted by Gasteiger charge is -2.20. The molecule has 2 aliphatic rings. The van der Waals surface area contributed by atoms with E-state index in [2.05, 4.69) is 76.3 Å². The van der Waals surface area contributed by atoms with Crippen molar-refractivity contribution in [3.63, 3.8) is 0 Å². The average molecular weight is 749 g/mol. The van der Waals surface area contributed by atoms with Crippen LogP contribution in [-0.2, 0) is 12.8 Å². The summed E-state index contributed by atoms with van der Waals surface area (Å²) >= 11 is 3.83. The molecular formula is C47H28BBrF2N2. The molecule has 1 aromatic heterocycles. The van der Waals surface area contributed by atoms with E-state index in [9.17, 15) is 0 Å². The summed E-state index contributed by atoms with van der Waals surface area (Å²) < 4.78 is 33.1. The lowest BCUT2D eigenvalue weighted by molar-refractivity contribution is 0.629. The van der Waals surface area contributed by atoms with Crippen LogP contribution in [0.4, 0.5) is 8.63 Å². The van der Waals surface area contributed by atoms with E-state index in [-0.39, 0.29) is 0 Å². The fourth-order valence-electron chi connectivity index (χ4n) is 8.14. The van der Waals surface area contributed by atoms with Crippen molar-refractivity contribution in [1.82, 2.24) is 4.48 Å². The monoisotopic (exact) mass is 748 g/mol. The van der Waals surface area contributed by atoms with Crippen LogP contribution in [0.25, 0.3) is 55.2 Å². The smallest absolute Gasteiger partial charge is 0.324 e. The second kappa shape index (κ2) is 12.6. The van der Waals surface area contributed by atoms with Crippen LogP contribution in [0.5, 0.6) is 0 Å². The van der Waals surface area contributed by atoms with Crippen molar-refractivity contribution in [2.24, 2.45) is 4.99 Å². The van der Waals surface area contributed by atoms with E-state index in [0.717, 1.165) is 87.2 Å². The van der Waals surface area contributed by atoms with Gasteiger partial charge < -0.3 is 4.48 Å². The molecule has 1 aliphatic heterocycles. The number of halogens is 3. The molecule has 7 aromatic carbocycles. The molecule has 0 saturated heterocycles. The molecule has 8 aromatic rings. The molecule has 0 amide bonds. The number of rotatable bonds is 3. The minimum atomic E-state index is -2.75. The number of aryl methyl sites for hydroxylation is 2. The number of fused-ring (bicyclic) bond motifs is 8. The maximum Gasteiger partial charge on any atom is 0.678 e. The van der Waals surface area contributed by atoms with Gasteiger partial charge in [-0.15, -0.1) is 0 Å². The molecule has 10 rings (SSSR count). The van der Waals surface area contributed by atoms with Gasteiger partial charge in [-0.05, 0) is 96.7 Å². The lowest BCUT2D eigenvalue weighted by atomic mass is 9.89. The Morgan fingerprint density at radius 3 is 2.04 bits per heavy atom. The maximum absolute atomic E-state index is 15.4. The zero-order valence-electron chi connectivity index (χ0n) is 28.4. The zero-order chi connectivity index (χ0) is 35.6. The first-order chi connectivity index (χ1) is 26.0. The first kappa shape index (κ1) is 31.7. The summed E-state index contributed by atoms with van der Waals surface area (Å²) in [5.74, 6) is 6.91. The molecule has 0 fully saturated rings. The summed E-state index contributed by atoms with van der Waals surface area (Å²) in [4.78, 5) is 5.18. The summed E-state index contributed by atoms with van der Waals surface area (Å²) in [6, 6.07) is 46.7. The summed E-state index contributed by atoms with van der Waals surface area (Å²) in [6.07, 6.45) is 3.54. The molecule has 0 N–H and O–H groups in total. The van der Waals surface area contributed by atoms with E-state index in [0.29, 0.717) is 29.1 Å². The van der Waals surface area contributed by atoms with Crippen LogP contribution in [0.2, 0.25) is 0 Å². The van der Waals surface area contributed by atoms with E-state index >= 15 is 8.63 Å². The highest BCUT2D eigenvalue weighted by molar-refractivity contribution is 9.10. The topological polar surface area (TPSA) is 17.3 Å². The van der Waals surface area contributed by atoms with Crippen molar-refractivity contribution >= 4 is 67.3 Å². The van der Waals surface area contributed by atoms with Gasteiger partial charge in [0.1, 0.15) is 0 Å². The number of nitrogens with zero attached hydrogens (tertiary/aromatic N) is 2. The van der Waals surface area contributed by atoms with Crippen LogP contribution < -0.4 is 10.6 Å². The minimum Gasteiger partial charge on any atom is -0.324 e. The van der Waals surface area contributed by atoms with Gasteiger partial charge >= 0.3 is 7.40 Å². The second-order valence-electron chi connectivity index (χ2n) is 13.6. The fourth-order valence-corrected chi connectivity index (χ4v) is 8.83. The van der Waals surface area contributed by atoms with E-state index in [1.165, 1.54) is 4.48 Å². The van der Waals surface area contributed by atoms with Crippen LogP contribution in [0.15, 0.2) is 155 Å². The average Bonchev–Trinajstić information content (AvgIpc) is 3.81. The Morgan fingerprint density at radius 1 is 0.660 bits per heavy atom. The van der Waals surface area contributed by atoms with Crippen molar-refractivity contribution < 1.29 is 8.63 Å². The number of benzene rings is 7. The van der Waals surface area contributed by atoms with Gasteiger partial charge in [-0.25, -0.2) is 4.99 Å². The van der Waals surface area contributed by atoms with Crippen LogP contribution in [0.1, 0.15) is 33.5 Å². The molecule has 2 heterocycles. The first-order valence-corrected chi connectivity index (χ1v) is 18.5. The minimum absolute atomic E-state index is 0.459. The van der Waals surface area contributed by atoms with Gasteiger partial charge in [0.25, 0.3) is 0 Å². The fraction of sp³-hybridized carbons (Fsp3) is 0.0426. The third kappa shape index (κ3) is 5.18. The normalized spacial score (nSPS) is 13.8. The van der Waals surface area contributed by atoms with Crippen LogP contribution >= 0.6 is 15.9 Å². The number of hydrogen-bond acceptors (Lipinski definition) is 1. The molecule has 1 aliphatic carbocycles. The van der Waals surface area contributed by atoms with Crippen molar-refractivity contribution in [3.8, 4) is 23.1 Å². The molecule has 0 radical (unpaired) electrons. The van der Waals surface area contributed by atoms with Gasteiger partial charge in [-0.3, -0.25) is 8.63 Å². The Labute approximate surface area is 313 Å².